The summed E-state index contributed by atoms with van der Waals surface area (Å²) in [6.07, 6.45) is 1.01. The molecule has 6 nitrogen and oxygen atoms in total. The molecule has 0 fully saturated rings. The Kier molecular flexibility index (Phi) is 27.3. The van der Waals surface area contributed by atoms with Crippen molar-refractivity contribution in [2.45, 2.75) is 45.3 Å². The van der Waals surface area contributed by atoms with Crippen LogP contribution in [-0.4, -0.2) is 69.3 Å². The van der Waals surface area contributed by atoms with Gasteiger partial charge in [-0.2, -0.15) is 0 Å². The summed E-state index contributed by atoms with van der Waals surface area (Å²) in [6.45, 7) is 3.51. The van der Waals surface area contributed by atoms with Gasteiger partial charge < -0.3 is 30.6 Å². The minimum Gasteiger partial charge on any atom is -0.396 e. The van der Waals surface area contributed by atoms with Crippen LogP contribution in [0.1, 0.15) is 33.1 Å². The van der Waals surface area contributed by atoms with Crippen molar-refractivity contribution in [3.8, 4) is 0 Å². The van der Waals surface area contributed by atoms with Crippen LogP contribution in [0.4, 0.5) is 0 Å². The standard InChI is InChI=1S/2C4H10O2.C3H8O2/c1-4(6)2-3-5;5-3-1-2-4-6;1-3(5)2-4/h4-6H,2-3H2,1H3;5-6H,1-4H2;3-5H,2H2,1H3. The lowest BCUT2D eigenvalue weighted by Gasteiger charge is -1.95. The number of aliphatic hydroxyl groups is 6. The largest absolute Gasteiger partial charge is 0.396 e. The van der Waals surface area contributed by atoms with Crippen molar-refractivity contribution < 1.29 is 30.6 Å². The summed E-state index contributed by atoms with van der Waals surface area (Å²) in [4.78, 5) is 0. The summed E-state index contributed by atoms with van der Waals surface area (Å²) in [6, 6.07) is 0. The molecule has 0 bridgehead atoms. The highest BCUT2D eigenvalue weighted by Gasteiger charge is 1.88. The van der Waals surface area contributed by atoms with Crippen molar-refractivity contribution in [1.82, 2.24) is 0 Å². The second kappa shape index (κ2) is 21.1. The van der Waals surface area contributed by atoms with E-state index >= 15 is 0 Å². The van der Waals surface area contributed by atoms with Gasteiger partial charge in [0.15, 0.2) is 0 Å². The maximum atomic E-state index is 8.39. The van der Waals surface area contributed by atoms with Crippen molar-refractivity contribution in [3.05, 3.63) is 0 Å². The van der Waals surface area contributed by atoms with Crippen LogP contribution in [0.25, 0.3) is 0 Å². The molecule has 0 aliphatic carbocycles. The number of rotatable bonds is 6. The molecule has 6 N–H and O–H groups in total. The zero-order valence-corrected chi connectivity index (χ0v) is 10.8. The third-order valence-corrected chi connectivity index (χ3v) is 1.38. The molecule has 0 amide bonds. The average Bonchev–Trinajstić information content (AvgIpc) is 2.27. The Labute approximate surface area is 103 Å². The van der Waals surface area contributed by atoms with E-state index in [1.54, 1.807) is 6.92 Å². The van der Waals surface area contributed by atoms with Gasteiger partial charge in [-0.05, 0) is 33.1 Å². The van der Waals surface area contributed by atoms with Crippen LogP contribution < -0.4 is 0 Å². The molecule has 0 spiro atoms. The highest BCUT2D eigenvalue weighted by atomic mass is 16.3. The predicted molar refractivity (Wildman–Crippen MR) is 65.6 cm³/mol. The van der Waals surface area contributed by atoms with Crippen molar-refractivity contribution in [2.24, 2.45) is 0 Å². The van der Waals surface area contributed by atoms with E-state index in [9.17, 15) is 0 Å². The zero-order valence-electron chi connectivity index (χ0n) is 10.8. The molecule has 17 heavy (non-hydrogen) atoms. The Bertz CT molecular complexity index is 104. The minimum atomic E-state index is -0.560. The van der Waals surface area contributed by atoms with Crippen LogP contribution in [0.15, 0.2) is 0 Å². The van der Waals surface area contributed by atoms with Crippen LogP contribution in [0, 0.1) is 0 Å². The van der Waals surface area contributed by atoms with Crippen LogP contribution in [0.3, 0.4) is 0 Å². The molecular weight excluding hydrogens is 228 g/mol. The topological polar surface area (TPSA) is 121 Å². The molecule has 108 valence electrons. The first kappa shape index (κ1) is 22.0. The molecule has 2 unspecified atom stereocenters. The number of hydrogen-bond acceptors (Lipinski definition) is 6. The Morgan fingerprint density at radius 3 is 1.12 bits per heavy atom. The van der Waals surface area contributed by atoms with Gasteiger partial charge in [0.1, 0.15) is 0 Å². The summed E-state index contributed by atoms with van der Waals surface area (Å²) >= 11 is 0. The summed E-state index contributed by atoms with van der Waals surface area (Å²) < 4.78 is 0. The Balaban J connectivity index is -0.000000174. The van der Waals surface area contributed by atoms with Crippen LogP contribution >= 0.6 is 0 Å². The highest BCUT2D eigenvalue weighted by molar-refractivity contribution is 4.40. The zero-order chi connectivity index (χ0) is 14.1. The van der Waals surface area contributed by atoms with Crippen LogP contribution in [-0.2, 0) is 0 Å². The van der Waals surface area contributed by atoms with Crippen molar-refractivity contribution in [2.75, 3.05) is 26.4 Å². The highest BCUT2D eigenvalue weighted by Crippen LogP contribution is 1.83. The predicted octanol–water partition coefficient (Wildman–Crippen LogP) is -1.14. The molecule has 0 saturated carbocycles. The third kappa shape index (κ3) is 49.6. The van der Waals surface area contributed by atoms with E-state index in [0.717, 1.165) is 12.8 Å². The lowest BCUT2D eigenvalue weighted by Crippen LogP contribution is -2.03. The van der Waals surface area contributed by atoms with Gasteiger partial charge in [-0.3, -0.25) is 0 Å². The molecule has 0 aromatic heterocycles. The van der Waals surface area contributed by atoms with E-state index in [0.29, 0.717) is 6.42 Å². The van der Waals surface area contributed by atoms with E-state index in [4.69, 9.17) is 30.6 Å². The van der Waals surface area contributed by atoms with E-state index in [2.05, 4.69) is 0 Å². The van der Waals surface area contributed by atoms with Gasteiger partial charge in [0.05, 0.1) is 18.8 Å². The van der Waals surface area contributed by atoms with Crippen molar-refractivity contribution in [3.63, 3.8) is 0 Å². The monoisotopic (exact) mass is 256 g/mol. The fourth-order valence-electron chi connectivity index (χ4n) is 0.410. The molecule has 0 aromatic rings. The molecule has 0 radical (unpaired) electrons. The van der Waals surface area contributed by atoms with E-state index in [1.807, 2.05) is 0 Å². The molecule has 0 heterocycles. The normalized spacial score (nSPS) is 12.7. The summed E-state index contributed by atoms with van der Waals surface area (Å²) in [5, 5.41) is 48.6. The maximum absolute atomic E-state index is 8.39. The number of aliphatic hydroxyl groups excluding tert-OH is 6. The summed E-state index contributed by atoms with van der Waals surface area (Å²) in [7, 11) is 0. The second-order valence-corrected chi connectivity index (χ2v) is 3.55. The quantitative estimate of drug-likeness (QED) is 0.334. The SMILES string of the molecule is CC(O)CCO.CC(O)CO.OCCCCO. The van der Waals surface area contributed by atoms with Gasteiger partial charge in [-0.1, -0.05) is 0 Å². The Morgan fingerprint density at radius 1 is 0.706 bits per heavy atom. The molecule has 0 aliphatic rings. The lowest BCUT2D eigenvalue weighted by molar-refractivity contribution is 0.110. The molecule has 0 saturated heterocycles. The van der Waals surface area contributed by atoms with Crippen LogP contribution in [0.5, 0.6) is 0 Å². The fraction of sp³-hybridized carbons (Fsp3) is 1.00. The first-order valence-corrected chi connectivity index (χ1v) is 5.75. The molecule has 0 aromatic carbocycles. The van der Waals surface area contributed by atoms with Crippen LogP contribution in [0.2, 0.25) is 0 Å². The van der Waals surface area contributed by atoms with Gasteiger partial charge in [-0.15, -0.1) is 0 Å². The van der Waals surface area contributed by atoms with E-state index in [-0.39, 0.29) is 32.5 Å². The van der Waals surface area contributed by atoms with Gasteiger partial charge in [0.2, 0.25) is 0 Å². The number of unbranched alkanes of at least 4 members (excludes halogenated alkanes) is 1. The smallest absolute Gasteiger partial charge is 0.0742 e. The Morgan fingerprint density at radius 2 is 1.06 bits per heavy atom. The van der Waals surface area contributed by atoms with Gasteiger partial charge in [0, 0.05) is 19.8 Å². The van der Waals surface area contributed by atoms with Gasteiger partial charge in [0.25, 0.3) is 0 Å². The Hall–Kier alpha value is -0.240. The average molecular weight is 256 g/mol. The third-order valence-electron chi connectivity index (χ3n) is 1.38. The second-order valence-electron chi connectivity index (χ2n) is 3.55. The van der Waals surface area contributed by atoms with Gasteiger partial charge >= 0.3 is 0 Å². The number of hydrogen-bond donors (Lipinski definition) is 6. The molecule has 2 atom stereocenters. The summed E-state index contributed by atoms with van der Waals surface area (Å²) in [5.74, 6) is 0. The molecule has 6 heteroatoms. The lowest BCUT2D eigenvalue weighted by atomic mass is 10.3. The molecular formula is C11H28O6. The van der Waals surface area contributed by atoms with Crippen molar-refractivity contribution >= 4 is 0 Å². The maximum Gasteiger partial charge on any atom is 0.0742 e. The first-order chi connectivity index (χ1) is 7.95. The van der Waals surface area contributed by atoms with E-state index in [1.165, 1.54) is 6.92 Å². The molecule has 0 aliphatic heterocycles. The molecule has 0 rings (SSSR count). The van der Waals surface area contributed by atoms with Crippen molar-refractivity contribution in [1.29, 1.82) is 0 Å². The minimum absolute atomic E-state index is 0.0810. The first-order valence-electron chi connectivity index (χ1n) is 5.75. The van der Waals surface area contributed by atoms with Gasteiger partial charge in [-0.25, -0.2) is 0 Å². The van der Waals surface area contributed by atoms with E-state index < -0.39 is 6.10 Å². The summed E-state index contributed by atoms with van der Waals surface area (Å²) in [5.41, 5.74) is 0. The fourth-order valence-corrected chi connectivity index (χ4v) is 0.410.